The molecule has 2 rings (SSSR count). The SMILES string of the molecule is CCN(CC)C(C)CCNCc1ccc(-c2ccc(Cl)cc2)cc1. The molecule has 1 N–H and O–H groups in total. The number of rotatable bonds is 9. The third kappa shape index (κ3) is 5.62. The third-order valence-corrected chi connectivity index (χ3v) is 4.89. The predicted octanol–water partition coefficient (Wildman–Crippen LogP) is 5.22. The van der Waals surface area contributed by atoms with Gasteiger partial charge in [0.05, 0.1) is 0 Å². The maximum absolute atomic E-state index is 5.94. The Morgan fingerprint density at radius 2 is 1.46 bits per heavy atom. The average molecular weight is 345 g/mol. The fraction of sp³-hybridized carbons (Fsp3) is 0.429. The number of halogens is 1. The van der Waals surface area contributed by atoms with Gasteiger partial charge in [-0.05, 0) is 61.8 Å². The van der Waals surface area contributed by atoms with Gasteiger partial charge in [-0.1, -0.05) is 61.8 Å². The van der Waals surface area contributed by atoms with E-state index >= 15 is 0 Å². The second-order valence-electron chi connectivity index (χ2n) is 6.24. The highest BCUT2D eigenvalue weighted by atomic mass is 35.5. The van der Waals surface area contributed by atoms with Gasteiger partial charge in [-0.2, -0.15) is 0 Å². The molecule has 0 heterocycles. The molecule has 2 aromatic rings. The number of benzene rings is 2. The van der Waals surface area contributed by atoms with Crippen molar-refractivity contribution in [1.82, 2.24) is 10.2 Å². The normalized spacial score (nSPS) is 12.5. The summed E-state index contributed by atoms with van der Waals surface area (Å²) in [5.74, 6) is 0. The fourth-order valence-electron chi connectivity index (χ4n) is 3.03. The molecule has 0 aliphatic rings. The van der Waals surface area contributed by atoms with E-state index < -0.39 is 0 Å². The van der Waals surface area contributed by atoms with E-state index in [-0.39, 0.29) is 0 Å². The molecule has 0 saturated heterocycles. The van der Waals surface area contributed by atoms with Crippen LogP contribution in [0, 0.1) is 0 Å². The lowest BCUT2D eigenvalue weighted by Crippen LogP contribution is -2.35. The molecule has 0 radical (unpaired) electrons. The Labute approximate surface area is 151 Å². The lowest BCUT2D eigenvalue weighted by Gasteiger charge is -2.26. The molecule has 24 heavy (non-hydrogen) atoms. The highest BCUT2D eigenvalue weighted by Crippen LogP contribution is 2.21. The summed E-state index contributed by atoms with van der Waals surface area (Å²) in [6, 6.07) is 17.4. The Balaban J connectivity index is 1.79. The van der Waals surface area contributed by atoms with Crippen LogP contribution in [-0.4, -0.2) is 30.6 Å². The number of nitrogens with one attached hydrogen (secondary N) is 1. The van der Waals surface area contributed by atoms with Gasteiger partial charge >= 0.3 is 0 Å². The summed E-state index contributed by atoms with van der Waals surface area (Å²) in [5.41, 5.74) is 3.75. The first-order valence-corrected chi connectivity index (χ1v) is 9.31. The van der Waals surface area contributed by atoms with Crippen LogP contribution in [0.4, 0.5) is 0 Å². The Morgan fingerprint density at radius 1 is 0.917 bits per heavy atom. The van der Waals surface area contributed by atoms with Crippen LogP contribution in [0.5, 0.6) is 0 Å². The van der Waals surface area contributed by atoms with Crippen LogP contribution < -0.4 is 5.32 Å². The van der Waals surface area contributed by atoms with Crippen molar-refractivity contribution in [2.45, 2.75) is 39.8 Å². The largest absolute Gasteiger partial charge is 0.313 e. The first-order valence-electron chi connectivity index (χ1n) is 8.93. The second-order valence-corrected chi connectivity index (χ2v) is 6.68. The minimum atomic E-state index is 0.639. The molecule has 0 aliphatic carbocycles. The molecule has 2 nitrogen and oxygen atoms in total. The summed E-state index contributed by atoms with van der Waals surface area (Å²) >= 11 is 5.94. The van der Waals surface area contributed by atoms with Crippen LogP contribution in [0.2, 0.25) is 5.02 Å². The van der Waals surface area contributed by atoms with Crippen LogP contribution in [-0.2, 0) is 6.54 Å². The van der Waals surface area contributed by atoms with Gasteiger partial charge in [0.25, 0.3) is 0 Å². The van der Waals surface area contributed by atoms with Gasteiger partial charge in [-0.3, -0.25) is 0 Å². The molecule has 0 saturated carbocycles. The number of hydrogen-bond acceptors (Lipinski definition) is 2. The van der Waals surface area contributed by atoms with Crippen molar-refractivity contribution in [2.75, 3.05) is 19.6 Å². The molecule has 0 bridgehead atoms. The lowest BCUT2D eigenvalue weighted by atomic mass is 10.0. The fourth-order valence-corrected chi connectivity index (χ4v) is 3.16. The molecule has 3 heteroatoms. The van der Waals surface area contributed by atoms with Crippen molar-refractivity contribution < 1.29 is 0 Å². The summed E-state index contributed by atoms with van der Waals surface area (Å²) in [5, 5.41) is 4.33. The van der Waals surface area contributed by atoms with Crippen LogP contribution in [0.25, 0.3) is 11.1 Å². The van der Waals surface area contributed by atoms with Crippen molar-refractivity contribution in [2.24, 2.45) is 0 Å². The summed E-state index contributed by atoms with van der Waals surface area (Å²) in [7, 11) is 0. The zero-order valence-corrected chi connectivity index (χ0v) is 15.8. The van der Waals surface area contributed by atoms with E-state index in [1.54, 1.807) is 0 Å². The Hall–Kier alpha value is -1.35. The first kappa shape index (κ1) is 19.0. The zero-order chi connectivity index (χ0) is 17.4. The van der Waals surface area contributed by atoms with Crippen LogP contribution in [0.15, 0.2) is 48.5 Å². The summed E-state index contributed by atoms with van der Waals surface area (Å²) < 4.78 is 0. The predicted molar refractivity (Wildman–Crippen MR) is 106 cm³/mol. The molecular weight excluding hydrogens is 316 g/mol. The molecular formula is C21H29ClN2. The summed E-state index contributed by atoms with van der Waals surface area (Å²) in [4.78, 5) is 2.50. The highest BCUT2D eigenvalue weighted by Gasteiger charge is 2.08. The molecule has 0 aliphatic heterocycles. The Kier molecular flexibility index (Phi) is 7.77. The highest BCUT2D eigenvalue weighted by molar-refractivity contribution is 6.30. The monoisotopic (exact) mass is 344 g/mol. The zero-order valence-electron chi connectivity index (χ0n) is 15.1. The van der Waals surface area contributed by atoms with Gasteiger partial charge in [0.15, 0.2) is 0 Å². The van der Waals surface area contributed by atoms with Crippen LogP contribution in [0.3, 0.4) is 0 Å². The molecule has 0 fully saturated rings. The number of hydrogen-bond donors (Lipinski definition) is 1. The minimum Gasteiger partial charge on any atom is -0.313 e. The van der Waals surface area contributed by atoms with Crippen molar-refractivity contribution in [3.05, 3.63) is 59.1 Å². The van der Waals surface area contributed by atoms with E-state index in [9.17, 15) is 0 Å². The van der Waals surface area contributed by atoms with E-state index in [4.69, 9.17) is 11.6 Å². The van der Waals surface area contributed by atoms with E-state index in [2.05, 4.69) is 67.4 Å². The molecule has 0 amide bonds. The van der Waals surface area contributed by atoms with E-state index in [1.165, 1.54) is 23.1 Å². The van der Waals surface area contributed by atoms with Crippen molar-refractivity contribution >= 4 is 11.6 Å². The van der Waals surface area contributed by atoms with E-state index in [0.717, 1.165) is 31.2 Å². The maximum Gasteiger partial charge on any atom is 0.0406 e. The Morgan fingerprint density at radius 3 is 2.00 bits per heavy atom. The Bertz CT molecular complexity index is 588. The van der Waals surface area contributed by atoms with Gasteiger partial charge in [0.1, 0.15) is 0 Å². The summed E-state index contributed by atoms with van der Waals surface area (Å²) in [6.45, 7) is 11.0. The first-order chi connectivity index (χ1) is 11.6. The lowest BCUT2D eigenvalue weighted by molar-refractivity contribution is 0.220. The van der Waals surface area contributed by atoms with Crippen molar-refractivity contribution in [3.8, 4) is 11.1 Å². The molecule has 2 aromatic carbocycles. The topological polar surface area (TPSA) is 15.3 Å². The van der Waals surface area contributed by atoms with Crippen molar-refractivity contribution in [3.63, 3.8) is 0 Å². The molecule has 0 spiro atoms. The summed E-state index contributed by atoms with van der Waals surface area (Å²) in [6.07, 6.45) is 1.19. The molecule has 1 atom stereocenters. The van der Waals surface area contributed by atoms with E-state index in [1.807, 2.05) is 12.1 Å². The average Bonchev–Trinajstić information content (AvgIpc) is 2.61. The standard InChI is InChI=1S/C21H29ClN2/c1-4-24(5-2)17(3)14-15-23-16-18-6-8-19(9-7-18)20-10-12-21(22)13-11-20/h6-13,17,23H,4-5,14-16H2,1-3H3. The second kappa shape index (κ2) is 9.83. The molecule has 130 valence electrons. The van der Waals surface area contributed by atoms with Gasteiger partial charge < -0.3 is 10.2 Å². The van der Waals surface area contributed by atoms with Gasteiger partial charge in [0.2, 0.25) is 0 Å². The molecule has 1 unspecified atom stereocenters. The van der Waals surface area contributed by atoms with E-state index in [0.29, 0.717) is 6.04 Å². The quantitative estimate of drug-likeness (QED) is 0.627. The van der Waals surface area contributed by atoms with Gasteiger partial charge in [-0.15, -0.1) is 0 Å². The molecule has 0 aromatic heterocycles. The van der Waals surface area contributed by atoms with Crippen LogP contribution in [0.1, 0.15) is 32.8 Å². The van der Waals surface area contributed by atoms with Crippen molar-refractivity contribution in [1.29, 1.82) is 0 Å². The smallest absolute Gasteiger partial charge is 0.0406 e. The maximum atomic E-state index is 5.94. The van der Waals surface area contributed by atoms with Gasteiger partial charge in [0, 0.05) is 17.6 Å². The van der Waals surface area contributed by atoms with Crippen LogP contribution >= 0.6 is 11.6 Å². The van der Waals surface area contributed by atoms with Gasteiger partial charge in [-0.25, -0.2) is 0 Å². The third-order valence-electron chi connectivity index (χ3n) is 4.64. The minimum absolute atomic E-state index is 0.639. The number of nitrogens with zero attached hydrogens (tertiary/aromatic N) is 1.